The lowest BCUT2D eigenvalue weighted by Crippen LogP contribution is -2.49. The number of rotatable bonds is 12. The monoisotopic (exact) mass is 412 g/mol. The summed E-state index contributed by atoms with van der Waals surface area (Å²) < 4.78 is 0. The fourth-order valence-corrected chi connectivity index (χ4v) is 3.88. The molecule has 2 aromatic rings. The summed E-state index contributed by atoms with van der Waals surface area (Å²) in [5.74, 6) is 0.660. The van der Waals surface area contributed by atoms with Crippen molar-refractivity contribution in [2.24, 2.45) is 0 Å². The zero-order chi connectivity index (χ0) is 20.9. The van der Waals surface area contributed by atoms with Crippen LogP contribution in [0.25, 0.3) is 0 Å². The Morgan fingerprint density at radius 3 is 2.34 bits per heavy atom. The first-order chi connectivity index (χ1) is 14.1. The molecule has 29 heavy (non-hydrogen) atoms. The minimum Gasteiger partial charge on any atom is -0.354 e. The molecule has 2 aromatic carbocycles. The van der Waals surface area contributed by atoms with E-state index in [9.17, 15) is 9.59 Å². The zero-order valence-corrected chi connectivity index (χ0v) is 18.3. The maximum absolute atomic E-state index is 13.0. The van der Waals surface area contributed by atoms with Gasteiger partial charge in [-0.05, 0) is 37.5 Å². The molecule has 5 heteroatoms. The van der Waals surface area contributed by atoms with Crippen molar-refractivity contribution >= 4 is 23.6 Å². The van der Waals surface area contributed by atoms with Crippen molar-refractivity contribution in [2.75, 3.05) is 18.8 Å². The fourth-order valence-electron chi connectivity index (χ4n) is 3.02. The quantitative estimate of drug-likeness (QED) is 0.411. The Kier molecular flexibility index (Phi) is 10.4. The minimum absolute atomic E-state index is 0.0301. The molecule has 0 aliphatic heterocycles. The Morgan fingerprint density at radius 1 is 1.03 bits per heavy atom. The average Bonchev–Trinajstić information content (AvgIpc) is 2.75. The summed E-state index contributed by atoms with van der Waals surface area (Å²) in [7, 11) is 0. The highest BCUT2D eigenvalue weighted by molar-refractivity contribution is 7.99. The van der Waals surface area contributed by atoms with E-state index in [-0.39, 0.29) is 11.8 Å². The van der Waals surface area contributed by atoms with Crippen molar-refractivity contribution in [3.63, 3.8) is 0 Å². The molecule has 0 aliphatic carbocycles. The Morgan fingerprint density at radius 2 is 1.69 bits per heavy atom. The van der Waals surface area contributed by atoms with E-state index in [4.69, 9.17) is 0 Å². The standard InChI is InChI=1S/C24H32N2O2S/c1-3-4-17-25-24(28)20(2)26(18-15-21-11-7-5-8-12-21)23(27)16-19-29-22-13-9-6-10-14-22/h5-14,20H,3-4,15-19H2,1-2H3,(H,25,28)/t20-/m0/s1. The molecular weight excluding hydrogens is 380 g/mol. The van der Waals surface area contributed by atoms with Crippen LogP contribution in [0.1, 0.15) is 38.7 Å². The van der Waals surface area contributed by atoms with Crippen LogP contribution in [0.2, 0.25) is 0 Å². The van der Waals surface area contributed by atoms with E-state index in [2.05, 4.69) is 24.4 Å². The van der Waals surface area contributed by atoms with E-state index in [0.29, 0.717) is 25.3 Å². The van der Waals surface area contributed by atoms with Crippen LogP contribution in [0.4, 0.5) is 0 Å². The molecule has 0 aliphatic rings. The highest BCUT2D eigenvalue weighted by Gasteiger charge is 2.25. The van der Waals surface area contributed by atoms with Crippen LogP contribution in [0.5, 0.6) is 0 Å². The maximum atomic E-state index is 13.0. The molecule has 0 fully saturated rings. The van der Waals surface area contributed by atoms with Gasteiger partial charge in [-0.1, -0.05) is 61.9 Å². The normalized spacial score (nSPS) is 11.7. The minimum atomic E-state index is -0.468. The van der Waals surface area contributed by atoms with Crippen molar-refractivity contribution < 1.29 is 9.59 Å². The second kappa shape index (κ2) is 13.0. The molecule has 0 saturated heterocycles. The third kappa shape index (κ3) is 8.32. The third-order valence-corrected chi connectivity index (χ3v) is 5.82. The van der Waals surface area contributed by atoms with Crippen molar-refractivity contribution in [1.82, 2.24) is 10.2 Å². The number of nitrogens with zero attached hydrogens (tertiary/aromatic N) is 1. The van der Waals surface area contributed by atoms with Crippen LogP contribution in [0, 0.1) is 0 Å². The molecule has 2 amide bonds. The lowest BCUT2D eigenvalue weighted by molar-refractivity contribution is -0.139. The predicted octanol–water partition coefficient (Wildman–Crippen LogP) is 4.54. The average molecular weight is 413 g/mol. The Balaban J connectivity index is 1.95. The van der Waals surface area contributed by atoms with Crippen LogP contribution in [-0.2, 0) is 16.0 Å². The number of benzene rings is 2. The van der Waals surface area contributed by atoms with E-state index in [0.717, 1.165) is 24.2 Å². The zero-order valence-electron chi connectivity index (χ0n) is 17.5. The first-order valence-corrected chi connectivity index (χ1v) is 11.4. The van der Waals surface area contributed by atoms with Crippen molar-refractivity contribution in [1.29, 1.82) is 0 Å². The first kappa shape index (κ1) is 23.0. The van der Waals surface area contributed by atoms with Gasteiger partial charge in [0.2, 0.25) is 11.8 Å². The van der Waals surface area contributed by atoms with E-state index in [1.165, 1.54) is 5.56 Å². The van der Waals surface area contributed by atoms with Gasteiger partial charge in [-0.25, -0.2) is 0 Å². The maximum Gasteiger partial charge on any atom is 0.242 e. The van der Waals surface area contributed by atoms with Gasteiger partial charge in [-0.3, -0.25) is 9.59 Å². The molecule has 0 bridgehead atoms. The van der Waals surface area contributed by atoms with E-state index >= 15 is 0 Å². The summed E-state index contributed by atoms with van der Waals surface area (Å²) >= 11 is 1.67. The van der Waals surface area contributed by atoms with Gasteiger partial charge in [-0.15, -0.1) is 11.8 Å². The van der Waals surface area contributed by atoms with Gasteiger partial charge in [0.1, 0.15) is 6.04 Å². The van der Waals surface area contributed by atoms with Crippen molar-refractivity contribution in [3.05, 3.63) is 66.2 Å². The van der Waals surface area contributed by atoms with Crippen LogP contribution in [0.15, 0.2) is 65.6 Å². The summed E-state index contributed by atoms with van der Waals surface area (Å²) in [6.07, 6.45) is 3.14. The SMILES string of the molecule is CCCCNC(=O)[C@H](C)N(CCc1ccccc1)C(=O)CCSc1ccccc1. The van der Waals surface area contributed by atoms with E-state index in [1.807, 2.05) is 55.5 Å². The summed E-state index contributed by atoms with van der Waals surface area (Å²) in [6, 6.07) is 19.7. The van der Waals surface area contributed by atoms with E-state index in [1.54, 1.807) is 16.7 Å². The van der Waals surface area contributed by atoms with Crippen LogP contribution < -0.4 is 5.32 Å². The number of carbonyl (C=O) groups excluding carboxylic acids is 2. The lowest BCUT2D eigenvalue weighted by atomic mass is 10.1. The topological polar surface area (TPSA) is 49.4 Å². The molecular formula is C24H32N2O2S. The van der Waals surface area contributed by atoms with Gasteiger partial charge in [0.05, 0.1) is 0 Å². The summed E-state index contributed by atoms with van der Waals surface area (Å²) in [5.41, 5.74) is 1.17. The van der Waals surface area contributed by atoms with Crippen LogP contribution >= 0.6 is 11.8 Å². The summed E-state index contributed by atoms with van der Waals surface area (Å²) in [6.45, 7) is 5.12. The van der Waals surface area contributed by atoms with Crippen molar-refractivity contribution in [3.8, 4) is 0 Å². The van der Waals surface area contributed by atoms with Gasteiger partial charge in [0.15, 0.2) is 0 Å². The van der Waals surface area contributed by atoms with Gasteiger partial charge >= 0.3 is 0 Å². The molecule has 2 rings (SSSR count). The van der Waals surface area contributed by atoms with Gasteiger partial charge < -0.3 is 10.2 Å². The summed E-state index contributed by atoms with van der Waals surface area (Å²) in [5, 5.41) is 2.96. The molecule has 0 spiro atoms. The van der Waals surface area contributed by atoms with Gasteiger partial charge in [-0.2, -0.15) is 0 Å². The molecule has 156 valence electrons. The highest BCUT2D eigenvalue weighted by Crippen LogP contribution is 2.19. The number of hydrogen-bond acceptors (Lipinski definition) is 3. The Bertz CT molecular complexity index is 737. The van der Waals surface area contributed by atoms with Gasteiger partial charge in [0.25, 0.3) is 0 Å². The Labute approximate surface area is 179 Å². The van der Waals surface area contributed by atoms with Crippen LogP contribution in [0.3, 0.4) is 0 Å². The van der Waals surface area contributed by atoms with Crippen LogP contribution in [-0.4, -0.2) is 41.6 Å². The predicted molar refractivity (Wildman–Crippen MR) is 121 cm³/mol. The molecule has 0 radical (unpaired) electrons. The second-order valence-corrected chi connectivity index (χ2v) is 8.22. The van der Waals surface area contributed by atoms with Crippen molar-refractivity contribution in [2.45, 2.75) is 50.5 Å². The Hall–Kier alpha value is -2.27. The second-order valence-electron chi connectivity index (χ2n) is 7.05. The van der Waals surface area contributed by atoms with Gasteiger partial charge in [0, 0.05) is 30.2 Å². The molecule has 0 aromatic heterocycles. The molecule has 1 N–H and O–H groups in total. The number of hydrogen-bond donors (Lipinski definition) is 1. The number of unbranched alkanes of at least 4 members (excludes halogenated alkanes) is 1. The van der Waals surface area contributed by atoms with E-state index < -0.39 is 6.04 Å². The molecule has 0 saturated carbocycles. The molecule has 0 heterocycles. The lowest BCUT2D eigenvalue weighted by Gasteiger charge is -2.29. The smallest absolute Gasteiger partial charge is 0.242 e. The highest BCUT2D eigenvalue weighted by atomic mass is 32.2. The molecule has 4 nitrogen and oxygen atoms in total. The third-order valence-electron chi connectivity index (χ3n) is 4.81. The molecule has 0 unspecified atom stereocenters. The number of amides is 2. The fraction of sp³-hybridized carbons (Fsp3) is 0.417. The number of thioether (sulfide) groups is 1. The summed E-state index contributed by atoms with van der Waals surface area (Å²) in [4.78, 5) is 28.4. The molecule has 1 atom stereocenters. The largest absolute Gasteiger partial charge is 0.354 e. The number of carbonyl (C=O) groups is 2. The first-order valence-electron chi connectivity index (χ1n) is 10.4. The number of nitrogens with one attached hydrogen (secondary N) is 1.